The van der Waals surface area contributed by atoms with Crippen molar-refractivity contribution in [2.45, 2.75) is 24.4 Å². The highest BCUT2D eigenvalue weighted by Gasteiger charge is 2.71. The number of aromatic nitrogens is 2. The van der Waals surface area contributed by atoms with Gasteiger partial charge in [0.2, 0.25) is 0 Å². The SMILES string of the molecule is O=c1c2c(O)cccc2nc(Cc2ccccc2)n1-c1ccc(C(O)(C(F)(F)F)C(F)(F)F)cc1. The molecule has 1 heterocycles. The Morgan fingerprint density at radius 2 is 1.40 bits per heavy atom. The second-order valence-corrected chi connectivity index (χ2v) is 7.76. The van der Waals surface area contributed by atoms with Crippen molar-refractivity contribution < 1.29 is 36.6 Å². The lowest BCUT2D eigenvalue weighted by molar-refractivity contribution is -0.376. The molecule has 0 spiro atoms. The summed E-state index contributed by atoms with van der Waals surface area (Å²) in [5, 5.41) is 19.7. The third-order valence-electron chi connectivity index (χ3n) is 5.51. The lowest BCUT2D eigenvalue weighted by Crippen LogP contribution is -2.53. The summed E-state index contributed by atoms with van der Waals surface area (Å²) in [5.74, 6) is -0.255. The molecule has 0 saturated heterocycles. The molecule has 35 heavy (non-hydrogen) atoms. The molecular weight excluding hydrogens is 478 g/mol. The lowest BCUT2D eigenvalue weighted by Gasteiger charge is -2.32. The molecule has 11 heteroatoms. The van der Waals surface area contributed by atoms with E-state index in [0.717, 1.165) is 22.3 Å². The number of aliphatic hydroxyl groups is 1. The molecule has 182 valence electrons. The summed E-state index contributed by atoms with van der Waals surface area (Å²) in [6.07, 6.45) is -12.0. The first kappa shape index (κ1) is 24.3. The Hall–Kier alpha value is -3.86. The van der Waals surface area contributed by atoms with E-state index in [0.29, 0.717) is 12.1 Å². The number of hydrogen-bond donors (Lipinski definition) is 2. The summed E-state index contributed by atoms with van der Waals surface area (Å²) in [4.78, 5) is 17.7. The quantitative estimate of drug-likeness (QED) is 0.392. The minimum absolute atomic E-state index is 0.0957. The van der Waals surface area contributed by atoms with E-state index in [9.17, 15) is 41.4 Å². The molecule has 0 bridgehead atoms. The number of halogens is 6. The van der Waals surface area contributed by atoms with Gasteiger partial charge in [0.15, 0.2) is 0 Å². The van der Waals surface area contributed by atoms with E-state index < -0.39 is 29.1 Å². The standard InChI is InChI=1S/C24H16F6N2O3/c25-23(26,27)22(35,24(28,29)30)15-9-11-16(12-10-15)32-19(13-14-5-2-1-3-6-14)31-17-7-4-8-18(33)20(17)21(32)34/h1-12,33,35H,13H2. The number of phenolic OH excluding ortho intramolecular Hbond substituents is 1. The van der Waals surface area contributed by atoms with E-state index in [2.05, 4.69) is 4.98 Å². The fraction of sp³-hybridized carbons (Fsp3) is 0.167. The van der Waals surface area contributed by atoms with Gasteiger partial charge in [-0.2, -0.15) is 26.3 Å². The maximum absolute atomic E-state index is 13.3. The number of aromatic hydroxyl groups is 1. The van der Waals surface area contributed by atoms with E-state index >= 15 is 0 Å². The predicted molar refractivity (Wildman–Crippen MR) is 114 cm³/mol. The zero-order chi connectivity index (χ0) is 25.6. The van der Waals surface area contributed by atoms with Crippen LogP contribution in [0.25, 0.3) is 16.6 Å². The molecule has 1 aromatic heterocycles. The van der Waals surface area contributed by atoms with E-state index in [4.69, 9.17) is 0 Å². The Balaban J connectivity index is 1.92. The molecule has 4 aromatic rings. The number of fused-ring (bicyclic) bond motifs is 1. The van der Waals surface area contributed by atoms with Crippen molar-refractivity contribution in [3.05, 3.63) is 100 Å². The zero-order valence-corrected chi connectivity index (χ0v) is 17.6. The van der Waals surface area contributed by atoms with E-state index in [1.165, 1.54) is 18.2 Å². The van der Waals surface area contributed by atoms with Crippen LogP contribution in [0.2, 0.25) is 0 Å². The first-order valence-corrected chi connectivity index (χ1v) is 10.1. The number of alkyl halides is 6. The van der Waals surface area contributed by atoms with Crippen molar-refractivity contribution in [2.75, 3.05) is 0 Å². The molecule has 2 N–H and O–H groups in total. The van der Waals surface area contributed by atoms with Crippen LogP contribution in [-0.2, 0) is 12.0 Å². The summed E-state index contributed by atoms with van der Waals surface area (Å²) in [7, 11) is 0. The fourth-order valence-electron chi connectivity index (χ4n) is 3.76. The number of hydrogen-bond acceptors (Lipinski definition) is 4. The van der Waals surface area contributed by atoms with Crippen LogP contribution in [-0.4, -0.2) is 32.1 Å². The third kappa shape index (κ3) is 4.12. The molecule has 0 radical (unpaired) electrons. The van der Waals surface area contributed by atoms with Gasteiger partial charge in [-0.15, -0.1) is 0 Å². The zero-order valence-electron chi connectivity index (χ0n) is 17.6. The number of rotatable bonds is 4. The molecule has 0 atom stereocenters. The molecular formula is C24H16F6N2O3. The summed E-state index contributed by atoms with van der Waals surface area (Å²) >= 11 is 0. The molecule has 0 aliphatic carbocycles. The van der Waals surface area contributed by atoms with Crippen LogP contribution in [0.15, 0.2) is 77.6 Å². The van der Waals surface area contributed by atoms with Crippen molar-refractivity contribution in [2.24, 2.45) is 0 Å². The molecule has 0 aliphatic heterocycles. The Kier molecular flexibility index (Phi) is 5.84. The van der Waals surface area contributed by atoms with Gasteiger partial charge >= 0.3 is 12.4 Å². The van der Waals surface area contributed by atoms with Crippen LogP contribution in [0.1, 0.15) is 17.0 Å². The summed E-state index contributed by atoms with van der Waals surface area (Å²) in [5.41, 5.74) is -6.54. The number of phenols is 1. The highest BCUT2D eigenvalue weighted by Crippen LogP contribution is 2.50. The molecule has 0 unspecified atom stereocenters. The van der Waals surface area contributed by atoms with Gasteiger partial charge in [0, 0.05) is 12.0 Å². The average Bonchev–Trinajstić information content (AvgIpc) is 2.78. The van der Waals surface area contributed by atoms with Crippen molar-refractivity contribution in [3.8, 4) is 11.4 Å². The minimum atomic E-state index is -6.04. The molecule has 0 aliphatic rings. The highest BCUT2D eigenvalue weighted by atomic mass is 19.4. The molecule has 5 nitrogen and oxygen atoms in total. The van der Waals surface area contributed by atoms with Crippen LogP contribution >= 0.6 is 0 Å². The van der Waals surface area contributed by atoms with Crippen LogP contribution < -0.4 is 5.56 Å². The Morgan fingerprint density at radius 3 is 1.97 bits per heavy atom. The van der Waals surface area contributed by atoms with E-state index in [-0.39, 0.29) is 34.6 Å². The Labute approximate surface area is 193 Å². The highest BCUT2D eigenvalue weighted by molar-refractivity contribution is 5.84. The van der Waals surface area contributed by atoms with Crippen molar-refractivity contribution >= 4 is 10.9 Å². The first-order valence-electron chi connectivity index (χ1n) is 10.1. The average molecular weight is 494 g/mol. The monoisotopic (exact) mass is 494 g/mol. The van der Waals surface area contributed by atoms with Gasteiger partial charge in [-0.1, -0.05) is 48.5 Å². The summed E-state index contributed by atoms with van der Waals surface area (Å²) in [6, 6.07) is 15.6. The van der Waals surface area contributed by atoms with Gasteiger partial charge in [-0.3, -0.25) is 9.36 Å². The number of nitrogens with zero attached hydrogens (tertiary/aromatic N) is 2. The maximum atomic E-state index is 13.3. The van der Waals surface area contributed by atoms with Gasteiger partial charge in [0.1, 0.15) is 17.0 Å². The van der Waals surface area contributed by atoms with E-state index in [1.807, 2.05) is 0 Å². The van der Waals surface area contributed by atoms with Gasteiger partial charge in [-0.05, 0) is 29.8 Å². The molecule has 0 saturated carbocycles. The van der Waals surface area contributed by atoms with Crippen molar-refractivity contribution in [1.82, 2.24) is 9.55 Å². The van der Waals surface area contributed by atoms with Gasteiger partial charge in [-0.25, -0.2) is 4.98 Å². The summed E-state index contributed by atoms with van der Waals surface area (Å²) in [6.45, 7) is 0. The van der Waals surface area contributed by atoms with Crippen molar-refractivity contribution in [1.29, 1.82) is 0 Å². The van der Waals surface area contributed by atoms with Crippen molar-refractivity contribution in [3.63, 3.8) is 0 Å². The van der Waals surface area contributed by atoms with Crippen LogP contribution in [0.4, 0.5) is 26.3 Å². The minimum Gasteiger partial charge on any atom is -0.507 e. The van der Waals surface area contributed by atoms with Gasteiger partial charge in [0.05, 0.1) is 11.2 Å². The first-order chi connectivity index (χ1) is 16.3. The van der Waals surface area contributed by atoms with Crippen LogP contribution in [0, 0.1) is 0 Å². The summed E-state index contributed by atoms with van der Waals surface area (Å²) < 4.78 is 80.4. The smallest absolute Gasteiger partial charge is 0.430 e. The lowest BCUT2D eigenvalue weighted by atomic mass is 9.92. The molecule has 4 rings (SSSR count). The maximum Gasteiger partial charge on any atom is 0.430 e. The molecule has 0 fully saturated rings. The second kappa shape index (κ2) is 8.42. The fourth-order valence-corrected chi connectivity index (χ4v) is 3.76. The topological polar surface area (TPSA) is 75.3 Å². The van der Waals surface area contributed by atoms with Gasteiger partial charge in [0.25, 0.3) is 11.2 Å². The Morgan fingerprint density at radius 1 is 0.800 bits per heavy atom. The predicted octanol–water partition coefficient (Wildman–Crippen LogP) is 4.99. The largest absolute Gasteiger partial charge is 0.507 e. The molecule has 0 amide bonds. The van der Waals surface area contributed by atoms with Crippen LogP contribution in [0.3, 0.4) is 0 Å². The number of benzene rings is 3. The van der Waals surface area contributed by atoms with Gasteiger partial charge < -0.3 is 10.2 Å². The van der Waals surface area contributed by atoms with E-state index in [1.54, 1.807) is 30.3 Å². The Bertz CT molecular complexity index is 1410. The molecule has 3 aromatic carbocycles. The second-order valence-electron chi connectivity index (χ2n) is 7.76. The normalized spacial score (nSPS) is 12.8. The van der Waals surface area contributed by atoms with Crippen LogP contribution in [0.5, 0.6) is 5.75 Å². The third-order valence-corrected chi connectivity index (χ3v) is 5.51.